The van der Waals surface area contributed by atoms with Crippen molar-refractivity contribution in [2.75, 3.05) is 6.54 Å². The van der Waals surface area contributed by atoms with Crippen LogP contribution < -0.4 is 16.6 Å². The minimum absolute atomic E-state index is 0.0349. The molecule has 0 bridgehead atoms. The van der Waals surface area contributed by atoms with E-state index in [1.54, 1.807) is 77.7 Å². The van der Waals surface area contributed by atoms with E-state index in [-0.39, 0.29) is 90.5 Å². The highest BCUT2D eigenvalue weighted by atomic mass is 16.6. The van der Waals surface area contributed by atoms with Gasteiger partial charge in [0.05, 0.1) is 40.3 Å². The van der Waals surface area contributed by atoms with Crippen molar-refractivity contribution < 1.29 is 39.5 Å². The Kier molecular flexibility index (Phi) is 10.4. The molecule has 0 radical (unpaired) electrons. The summed E-state index contributed by atoms with van der Waals surface area (Å²) in [7, 11) is 1.74. The highest BCUT2D eigenvalue weighted by Gasteiger charge is 2.49. The number of benzene rings is 3. The summed E-state index contributed by atoms with van der Waals surface area (Å²) in [5, 5.41) is 53.5. The molecule has 6 N–H and O–H groups in total. The smallest absolute Gasteiger partial charge is 0.348 e. The molecule has 0 saturated heterocycles. The number of fused-ring (bicyclic) bond motifs is 6. The summed E-state index contributed by atoms with van der Waals surface area (Å²) < 4.78 is 16.4. The number of ether oxygens (including phenoxy) is 2. The monoisotopic (exact) mass is 869 g/mol. The van der Waals surface area contributed by atoms with Gasteiger partial charge >= 0.3 is 11.7 Å². The number of rotatable bonds is 12. The van der Waals surface area contributed by atoms with Gasteiger partial charge in [0, 0.05) is 47.1 Å². The standard InChI is InChI=1S/C47H47N7O10/c1-6-27-29-17-26(55)11-12-34(29)49-41-31(27)21-53-36(41)19-33-32(44(53)60)22-63-45(61)47(33,7-2)64-40(58)9-8-14-48-43(59)37-16-24-15-25(10-13-35(24)52(37)5)54-42(50-51-46(54)62)30-18-28(23(3)4)38(56)20-39(30)57/h10-13,15-20,23,40,55-58H,6-9,14,21-22H2,1-5H3,(H,48,59)(H,51,62). The van der Waals surface area contributed by atoms with Gasteiger partial charge in [0.15, 0.2) is 17.7 Å². The molecule has 2 atom stereocenters. The third-order valence-corrected chi connectivity index (χ3v) is 12.6. The molecular weight excluding hydrogens is 823 g/mol. The molecule has 0 fully saturated rings. The Hall–Kier alpha value is -7.24. The summed E-state index contributed by atoms with van der Waals surface area (Å²) in [6, 6.07) is 16.4. The number of aromatic nitrogens is 6. The third kappa shape index (κ3) is 6.69. The van der Waals surface area contributed by atoms with Crippen molar-refractivity contribution in [3.63, 3.8) is 0 Å². The van der Waals surface area contributed by atoms with Gasteiger partial charge in [0.25, 0.3) is 11.5 Å². The zero-order valence-electron chi connectivity index (χ0n) is 35.9. The van der Waals surface area contributed by atoms with Crippen molar-refractivity contribution in [2.45, 2.75) is 84.3 Å². The second-order valence-electron chi connectivity index (χ2n) is 16.6. The number of aromatic hydroxyl groups is 3. The van der Waals surface area contributed by atoms with Crippen LogP contribution in [0.15, 0.2) is 70.3 Å². The van der Waals surface area contributed by atoms with Crippen molar-refractivity contribution in [3.8, 4) is 45.7 Å². The van der Waals surface area contributed by atoms with Gasteiger partial charge in [-0.15, -0.1) is 0 Å². The summed E-state index contributed by atoms with van der Waals surface area (Å²) in [6.07, 6.45) is -0.463. The van der Waals surface area contributed by atoms with Crippen LogP contribution in [0.1, 0.15) is 91.2 Å². The number of carbonyl (C=O) groups excluding carboxylic acids is 2. The highest BCUT2D eigenvalue weighted by Crippen LogP contribution is 2.43. The number of hydrogen-bond donors (Lipinski definition) is 6. The van der Waals surface area contributed by atoms with Crippen molar-refractivity contribution >= 4 is 33.7 Å². The molecule has 2 unspecified atom stereocenters. The maximum absolute atomic E-state index is 14.1. The number of nitrogens with one attached hydrogen (secondary N) is 2. The predicted octanol–water partition coefficient (Wildman–Crippen LogP) is 5.47. The van der Waals surface area contributed by atoms with Crippen LogP contribution in [0.25, 0.3) is 50.3 Å². The number of aromatic amines is 1. The topological polar surface area (TPSA) is 236 Å². The van der Waals surface area contributed by atoms with Crippen molar-refractivity contribution in [2.24, 2.45) is 7.05 Å². The Bertz CT molecular complexity index is 3200. The molecule has 330 valence electrons. The lowest BCUT2D eigenvalue weighted by Gasteiger charge is -2.37. The predicted molar refractivity (Wildman–Crippen MR) is 236 cm³/mol. The van der Waals surface area contributed by atoms with Crippen LogP contribution in [0.5, 0.6) is 17.2 Å². The molecule has 17 nitrogen and oxygen atoms in total. The van der Waals surface area contributed by atoms with E-state index in [9.17, 15) is 39.6 Å². The second kappa shape index (κ2) is 15.8. The average Bonchev–Trinajstić information content (AvgIpc) is 3.94. The molecule has 1 amide bonds. The number of nitrogens with zero attached hydrogens (tertiary/aromatic N) is 5. The fraction of sp³-hybridized carbons (Fsp3) is 0.319. The van der Waals surface area contributed by atoms with Crippen LogP contribution in [0.4, 0.5) is 0 Å². The van der Waals surface area contributed by atoms with Crippen LogP contribution in [0, 0.1) is 0 Å². The Morgan fingerprint density at radius 3 is 2.55 bits per heavy atom. The van der Waals surface area contributed by atoms with E-state index < -0.39 is 23.6 Å². The first-order valence-electron chi connectivity index (χ1n) is 21.2. The molecule has 9 rings (SSSR count). The van der Waals surface area contributed by atoms with Gasteiger partial charge in [0.1, 0.15) is 29.5 Å². The first-order chi connectivity index (χ1) is 30.6. The number of cyclic esters (lactones) is 1. The number of amides is 1. The van der Waals surface area contributed by atoms with Gasteiger partial charge in [-0.05, 0) is 97.3 Å². The summed E-state index contributed by atoms with van der Waals surface area (Å²) in [6.45, 7) is 7.68. The molecule has 0 spiro atoms. The van der Waals surface area contributed by atoms with E-state index >= 15 is 0 Å². The number of esters is 1. The van der Waals surface area contributed by atoms with Gasteiger partial charge < -0.3 is 44.4 Å². The maximum atomic E-state index is 14.1. The second-order valence-corrected chi connectivity index (χ2v) is 16.6. The van der Waals surface area contributed by atoms with E-state index in [0.717, 1.165) is 16.5 Å². The minimum atomic E-state index is -1.78. The first-order valence-corrected chi connectivity index (χ1v) is 21.2. The number of aryl methyl sites for hydroxylation is 2. The molecule has 0 aliphatic carbocycles. The molecular formula is C47H47N7O10. The largest absolute Gasteiger partial charge is 0.508 e. The number of phenolic OH excluding ortho intramolecular Hbond substituents is 3. The first kappa shape index (κ1) is 42.1. The molecule has 3 aromatic carbocycles. The van der Waals surface area contributed by atoms with Crippen LogP contribution in [0.3, 0.4) is 0 Å². The average molecular weight is 870 g/mol. The number of aliphatic hydroxyl groups excluding tert-OH is 1. The normalized spacial score (nSPS) is 16.0. The number of phenols is 3. The van der Waals surface area contributed by atoms with Crippen LogP contribution >= 0.6 is 0 Å². The van der Waals surface area contributed by atoms with Gasteiger partial charge in [0.2, 0.25) is 0 Å². The molecule has 17 heteroatoms. The SMILES string of the molecule is CCc1c2c(nc3ccc(O)cc13)-c1cc3c(c(=O)n1C2)COC(=O)C3(CC)OC(O)CCCNC(=O)c1cc2cc(-n3c(-c4cc(C(C)C)c(O)cc4O)n[nH]c3=O)ccc2n1C. The zero-order valence-corrected chi connectivity index (χ0v) is 35.9. The van der Waals surface area contributed by atoms with E-state index in [1.165, 1.54) is 10.6 Å². The number of hydrogen-bond acceptors (Lipinski definition) is 12. The molecule has 2 aliphatic rings. The maximum Gasteiger partial charge on any atom is 0.348 e. The Morgan fingerprint density at radius 1 is 1.00 bits per heavy atom. The molecule has 4 aromatic heterocycles. The number of carbonyl (C=O) groups is 2. The van der Waals surface area contributed by atoms with Gasteiger partial charge in [-0.3, -0.25) is 9.59 Å². The van der Waals surface area contributed by atoms with Gasteiger partial charge in [-0.2, -0.15) is 5.10 Å². The lowest BCUT2D eigenvalue weighted by atomic mass is 9.85. The van der Waals surface area contributed by atoms with E-state index in [2.05, 4.69) is 15.5 Å². The number of aliphatic hydroxyl groups is 1. The van der Waals surface area contributed by atoms with Crippen LogP contribution in [0.2, 0.25) is 0 Å². The Labute approximate surface area is 365 Å². The number of pyridine rings is 2. The molecule has 0 saturated carbocycles. The highest BCUT2D eigenvalue weighted by molar-refractivity contribution is 5.99. The van der Waals surface area contributed by atoms with E-state index in [4.69, 9.17) is 14.5 Å². The van der Waals surface area contributed by atoms with Crippen molar-refractivity contribution in [1.29, 1.82) is 0 Å². The van der Waals surface area contributed by atoms with E-state index in [0.29, 0.717) is 56.7 Å². The quantitative estimate of drug-likeness (QED) is 0.0510. The lowest BCUT2D eigenvalue weighted by Crippen LogP contribution is -2.48. The van der Waals surface area contributed by atoms with Crippen LogP contribution in [-0.4, -0.2) is 74.0 Å². The summed E-state index contributed by atoms with van der Waals surface area (Å²) in [4.78, 5) is 59.2. The van der Waals surface area contributed by atoms with Crippen molar-refractivity contribution in [1.82, 2.24) is 34.2 Å². The molecule has 6 heterocycles. The Balaban J connectivity index is 0.908. The Morgan fingerprint density at radius 2 is 1.80 bits per heavy atom. The summed E-state index contributed by atoms with van der Waals surface area (Å²) in [5.41, 5.74) is 3.82. The molecule has 64 heavy (non-hydrogen) atoms. The number of H-pyrrole nitrogens is 1. The lowest BCUT2D eigenvalue weighted by molar-refractivity contribution is -0.222. The molecule has 2 aliphatic heterocycles. The molecule has 7 aromatic rings. The van der Waals surface area contributed by atoms with Crippen molar-refractivity contribution in [3.05, 3.63) is 115 Å². The zero-order chi connectivity index (χ0) is 45.4. The van der Waals surface area contributed by atoms with Crippen LogP contribution in [-0.2, 0) is 46.5 Å². The fourth-order valence-corrected chi connectivity index (χ4v) is 9.24. The third-order valence-electron chi connectivity index (χ3n) is 12.6. The van der Waals surface area contributed by atoms with Gasteiger partial charge in [-0.25, -0.2) is 24.2 Å². The fourth-order valence-electron chi connectivity index (χ4n) is 9.24. The van der Waals surface area contributed by atoms with E-state index in [1.807, 2.05) is 20.8 Å². The minimum Gasteiger partial charge on any atom is -0.508 e. The van der Waals surface area contributed by atoms with Gasteiger partial charge in [-0.1, -0.05) is 27.7 Å². The summed E-state index contributed by atoms with van der Waals surface area (Å²) >= 11 is 0. The summed E-state index contributed by atoms with van der Waals surface area (Å²) in [5.74, 6) is -1.24.